The molecule has 0 aromatic heterocycles. The monoisotopic (exact) mass is 1400 g/mol. The number of phosphoric ester groups is 2. The first-order valence-electron chi connectivity index (χ1n) is 39.3. The molecule has 17 nitrogen and oxygen atoms in total. The van der Waals surface area contributed by atoms with Crippen molar-refractivity contribution in [3.63, 3.8) is 0 Å². The van der Waals surface area contributed by atoms with Crippen LogP contribution in [0.1, 0.15) is 389 Å². The van der Waals surface area contributed by atoms with Crippen molar-refractivity contribution >= 4 is 39.5 Å². The summed E-state index contributed by atoms with van der Waals surface area (Å²) in [7, 11) is -9.91. The van der Waals surface area contributed by atoms with Crippen LogP contribution in [0.3, 0.4) is 0 Å². The third-order valence-corrected chi connectivity index (χ3v) is 19.5. The summed E-state index contributed by atoms with van der Waals surface area (Å²) in [5.41, 5.74) is 0. The summed E-state index contributed by atoms with van der Waals surface area (Å²) in [4.78, 5) is 72.8. The van der Waals surface area contributed by atoms with Gasteiger partial charge in [0.1, 0.15) is 19.3 Å². The van der Waals surface area contributed by atoms with Crippen molar-refractivity contribution in [3.05, 3.63) is 0 Å². The Morgan fingerprint density at radius 3 is 0.716 bits per heavy atom. The fraction of sp³-hybridized carbons (Fsp3) is 0.947. The average Bonchev–Trinajstić information content (AvgIpc) is 1.20. The summed E-state index contributed by atoms with van der Waals surface area (Å²) in [5.74, 6) is 0.0793. The molecule has 0 saturated heterocycles. The van der Waals surface area contributed by atoms with Crippen molar-refractivity contribution in [2.75, 3.05) is 39.6 Å². The van der Waals surface area contributed by atoms with Crippen molar-refractivity contribution < 1.29 is 80.2 Å². The van der Waals surface area contributed by atoms with Crippen molar-refractivity contribution in [1.82, 2.24) is 0 Å². The number of unbranched alkanes of at least 4 members (excludes halogenated alkanes) is 42. The third-order valence-electron chi connectivity index (χ3n) is 17.6. The lowest BCUT2D eigenvalue weighted by Gasteiger charge is -2.21. The predicted octanol–water partition coefficient (Wildman–Crippen LogP) is 22.2. The second-order valence-electron chi connectivity index (χ2n) is 28.8. The standard InChI is InChI=1S/C76H148O17P2/c1-8-9-10-11-12-13-14-15-16-17-18-19-20-21-22-23-30-37-45-52-59-75(80)92-71(63-86-73(78)57-50-43-36-29-25-24-27-33-40-47-54-67(2)3)65-90-94(82,83)88-61-70(77)62-89-95(84,85)91-66-72(64-87-74(79)58-51-44-39-32-35-42-49-56-69(6)7)93-76(81)60-53-46-38-31-26-28-34-41-48-55-68(4)5/h67-72,77H,8-66H2,1-7H3,(H,82,83)(H,84,85)/t70-,71-,72-/m1/s1. The summed E-state index contributed by atoms with van der Waals surface area (Å²) >= 11 is 0. The van der Waals surface area contributed by atoms with Crippen LogP contribution in [0.15, 0.2) is 0 Å². The summed E-state index contributed by atoms with van der Waals surface area (Å²) < 4.78 is 68.5. The molecule has 0 aromatic carbocycles. The maximum atomic E-state index is 13.1. The van der Waals surface area contributed by atoms with E-state index < -0.39 is 97.5 Å². The van der Waals surface area contributed by atoms with Crippen LogP contribution in [0.25, 0.3) is 0 Å². The van der Waals surface area contributed by atoms with Crippen LogP contribution in [0.4, 0.5) is 0 Å². The van der Waals surface area contributed by atoms with Gasteiger partial charge in [0.2, 0.25) is 0 Å². The second-order valence-corrected chi connectivity index (χ2v) is 31.7. The summed E-state index contributed by atoms with van der Waals surface area (Å²) in [6, 6.07) is 0. The number of esters is 4. The quantitative estimate of drug-likeness (QED) is 0.0222. The lowest BCUT2D eigenvalue weighted by molar-refractivity contribution is -0.161. The molecule has 564 valence electrons. The number of hydrogen-bond acceptors (Lipinski definition) is 15. The molecular formula is C76H148O17P2. The van der Waals surface area contributed by atoms with Gasteiger partial charge < -0.3 is 33.8 Å². The van der Waals surface area contributed by atoms with E-state index in [1.54, 1.807) is 0 Å². The minimum absolute atomic E-state index is 0.104. The number of aliphatic hydroxyl groups is 1. The van der Waals surface area contributed by atoms with Gasteiger partial charge in [0, 0.05) is 25.7 Å². The smallest absolute Gasteiger partial charge is 0.462 e. The lowest BCUT2D eigenvalue weighted by atomic mass is 10.0. The Balaban J connectivity index is 5.22. The first-order valence-corrected chi connectivity index (χ1v) is 42.3. The minimum atomic E-state index is -4.96. The Kier molecular flexibility index (Phi) is 65.2. The fourth-order valence-electron chi connectivity index (χ4n) is 11.6. The third kappa shape index (κ3) is 70.3. The topological polar surface area (TPSA) is 237 Å². The number of rotatable bonds is 74. The molecule has 0 rings (SSSR count). The van der Waals surface area contributed by atoms with E-state index in [4.69, 9.17) is 37.0 Å². The molecule has 2 unspecified atom stereocenters. The van der Waals surface area contributed by atoms with Crippen LogP contribution in [-0.2, 0) is 65.4 Å². The van der Waals surface area contributed by atoms with Gasteiger partial charge in [-0.3, -0.25) is 37.3 Å². The van der Waals surface area contributed by atoms with E-state index in [2.05, 4.69) is 48.5 Å². The highest BCUT2D eigenvalue weighted by molar-refractivity contribution is 7.47. The van der Waals surface area contributed by atoms with Crippen molar-refractivity contribution in [3.8, 4) is 0 Å². The largest absolute Gasteiger partial charge is 0.472 e. The molecule has 0 spiro atoms. The highest BCUT2D eigenvalue weighted by Gasteiger charge is 2.30. The Labute approximate surface area is 581 Å². The number of aliphatic hydroxyl groups excluding tert-OH is 1. The molecule has 5 atom stereocenters. The van der Waals surface area contributed by atoms with Crippen LogP contribution in [0.2, 0.25) is 0 Å². The van der Waals surface area contributed by atoms with Gasteiger partial charge in [-0.15, -0.1) is 0 Å². The SMILES string of the molecule is CCCCCCCCCCCCCCCCCCCCCCC(=O)O[C@H](COC(=O)CCCCCCCCCCCCC(C)C)COP(=O)(O)OC[C@@H](O)COP(=O)(O)OC[C@@H](COC(=O)CCCCCCCCCC(C)C)OC(=O)CCCCCCCCCCCC(C)C. The van der Waals surface area contributed by atoms with Gasteiger partial charge in [0.05, 0.1) is 26.4 Å². The normalized spacial score (nSPS) is 14.1. The summed E-state index contributed by atoms with van der Waals surface area (Å²) in [6.07, 6.45) is 52.9. The highest BCUT2D eigenvalue weighted by Crippen LogP contribution is 2.45. The van der Waals surface area contributed by atoms with Crippen LogP contribution >= 0.6 is 15.6 Å². The Morgan fingerprint density at radius 1 is 0.284 bits per heavy atom. The molecule has 0 aliphatic rings. The summed E-state index contributed by atoms with van der Waals surface area (Å²) in [5, 5.41) is 10.6. The molecule has 0 aromatic rings. The van der Waals surface area contributed by atoms with Crippen molar-refractivity contribution in [1.29, 1.82) is 0 Å². The second kappa shape index (κ2) is 66.6. The number of carbonyl (C=O) groups is 4. The van der Waals surface area contributed by atoms with E-state index in [0.717, 1.165) is 108 Å². The van der Waals surface area contributed by atoms with Gasteiger partial charge in [0.15, 0.2) is 12.2 Å². The van der Waals surface area contributed by atoms with E-state index in [9.17, 15) is 43.2 Å². The molecule has 0 heterocycles. The van der Waals surface area contributed by atoms with Gasteiger partial charge in [-0.1, -0.05) is 337 Å². The van der Waals surface area contributed by atoms with Crippen LogP contribution in [-0.4, -0.2) is 96.7 Å². The van der Waals surface area contributed by atoms with Crippen LogP contribution < -0.4 is 0 Å². The number of phosphoric acid groups is 2. The predicted molar refractivity (Wildman–Crippen MR) is 386 cm³/mol. The fourth-order valence-corrected chi connectivity index (χ4v) is 13.2. The van der Waals surface area contributed by atoms with Gasteiger partial charge in [-0.25, -0.2) is 9.13 Å². The number of hydrogen-bond donors (Lipinski definition) is 3. The van der Waals surface area contributed by atoms with Crippen molar-refractivity contribution in [2.45, 2.75) is 407 Å². The Hall–Kier alpha value is -1.94. The van der Waals surface area contributed by atoms with E-state index in [-0.39, 0.29) is 25.7 Å². The Morgan fingerprint density at radius 2 is 0.484 bits per heavy atom. The molecule has 3 N–H and O–H groups in total. The molecule has 0 fully saturated rings. The van der Waals surface area contributed by atoms with Gasteiger partial charge in [-0.2, -0.15) is 0 Å². The van der Waals surface area contributed by atoms with Gasteiger partial charge in [0.25, 0.3) is 0 Å². The maximum absolute atomic E-state index is 13.1. The zero-order valence-electron chi connectivity index (χ0n) is 62.1. The van der Waals surface area contributed by atoms with E-state index in [0.29, 0.717) is 31.6 Å². The average molecular weight is 1400 g/mol. The molecule has 0 amide bonds. The molecule has 0 aliphatic heterocycles. The highest BCUT2D eigenvalue weighted by atomic mass is 31.2. The van der Waals surface area contributed by atoms with E-state index >= 15 is 0 Å². The molecule has 19 heteroatoms. The first kappa shape index (κ1) is 93.1. The first-order chi connectivity index (χ1) is 45.7. The van der Waals surface area contributed by atoms with Gasteiger partial charge >= 0.3 is 39.5 Å². The van der Waals surface area contributed by atoms with Crippen LogP contribution in [0.5, 0.6) is 0 Å². The van der Waals surface area contributed by atoms with Gasteiger partial charge in [-0.05, 0) is 43.4 Å². The number of ether oxygens (including phenoxy) is 4. The Bertz CT molecular complexity index is 1850. The van der Waals surface area contributed by atoms with Crippen molar-refractivity contribution in [2.24, 2.45) is 17.8 Å². The van der Waals surface area contributed by atoms with E-state index in [1.165, 1.54) is 193 Å². The molecule has 0 bridgehead atoms. The zero-order valence-corrected chi connectivity index (χ0v) is 63.9. The maximum Gasteiger partial charge on any atom is 0.472 e. The molecule has 95 heavy (non-hydrogen) atoms. The van der Waals surface area contributed by atoms with Crippen LogP contribution in [0, 0.1) is 17.8 Å². The molecule has 0 saturated carbocycles. The lowest BCUT2D eigenvalue weighted by Crippen LogP contribution is -2.30. The molecular weight excluding hydrogens is 1250 g/mol. The minimum Gasteiger partial charge on any atom is -0.462 e. The molecule has 0 radical (unpaired) electrons. The molecule has 0 aliphatic carbocycles. The summed E-state index contributed by atoms with van der Waals surface area (Å²) in [6.45, 7) is 11.8. The number of carbonyl (C=O) groups excluding carboxylic acids is 4. The zero-order chi connectivity index (χ0) is 70.1. The van der Waals surface area contributed by atoms with E-state index in [1.807, 2.05) is 0 Å².